The van der Waals surface area contributed by atoms with E-state index in [0.29, 0.717) is 24.9 Å². The van der Waals surface area contributed by atoms with Gasteiger partial charge in [-0.15, -0.1) is 0 Å². The number of aromatic hydroxyl groups is 1. The zero-order valence-electron chi connectivity index (χ0n) is 69.3. The Morgan fingerprint density at radius 2 is 0.669 bits per heavy atom. The minimum absolute atomic E-state index is 0.232. The van der Waals surface area contributed by atoms with Gasteiger partial charge in [0, 0.05) is 32.1 Å². The molecular formula is C75H111N21O31. The molecule has 52 nitrogen and oxygen atoms in total. The van der Waals surface area contributed by atoms with Gasteiger partial charge in [-0.05, 0) is 81.2 Å². The van der Waals surface area contributed by atoms with Crippen molar-refractivity contribution in [1.29, 1.82) is 0 Å². The molecule has 702 valence electrons. The molecule has 0 aliphatic rings. The molecule has 0 aliphatic carbocycles. The zero-order valence-corrected chi connectivity index (χ0v) is 69.3. The lowest BCUT2D eigenvalue weighted by atomic mass is 9.99. The fraction of sp³-hybridized carbons (Fsp3) is 0.533. The molecule has 127 heavy (non-hydrogen) atoms. The maximum absolute atomic E-state index is 14.9. The molecule has 0 radical (unpaired) electrons. The fourth-order valence-corrected chi connectivity index (χ4v) is 11.1. The summed E-state index contributed by atoms with van der Waals surface area (Å²) in [5.41, 5.74) is 22.8. The number of carbonyl (C=O) groups is 23. The molecule has 13 atom stereocenters. The maximum Gasteiger partial charge on any atom is 0.325 e. The van der Waals surface area contributed by atoms with Gasteiger partial charge in [0.05, 0.1) is 71.4 Å². The van der Waals surface area contributed by atoms with Crippen LogP contribution in [0.25, 0.3) is 0 Å². The van der Waals surface area contributed by atoms with Crippen molar-refractivity contribution in [3.8, 4) is 5.75 Å². The minimum atomic E-state index is -2.11. The van der Waals surface area contributed by atoms with Crippen LogP contribution >= 0.6 is 0 Å². The van der Waals surface area contributed by atoms with Crippen LogP contribution < -0.4 is 113 Å². The van der Waals surface area contributed by atoms with Crippen molar-refractivity contribution in [3.05, 3.63) is 65.7 Å². The molecule has 0 heterocycles. The Bertz CT molecular complexity index is 4200. The molecule has 0 bridgehead atoms. The Labute approximate surface area is 723 Å². The van der Waals surface area contributed by atoms with Crippen molar-refractivity contribution in [1.82, 2.24) is 90.4 Å². The number of carboxylic acids is 4. The standard InChI is InChI=1S/C75H111N21O31/c1-36(2)23-45(91-70(121)48(26-54(79)102)94-65(116)43(17-20-60(108)109)89-73(124)50(33-97)87-59(107)32-82-56(104)29-83-63(114)41(77)11-7-8-22-76)67(118)92-47(25-39-12-14-40(100)15-13-39)69(120)93-46(24-38-9-5-4-6-10-38)68(119)88-42(16-19-53(78)101)64(115)84-30-57(105)80-28-55(103)81-31-58(106)86-51(34-98)74(125)90-44(18-21-61(110)111)66(117)95-49(27-62(112)113)71(122)96-52(35-99)72(123)85-37(3)75(126)127/h4-6,9-10,12-15,36-37,41-52,97-100H,7-8,11,16-35,76-77H2,1-3H3,(H2,78,101)(H2,79,102)(H,80,105)(H,81,103)(H,82,104)(H,83,114)(H,84,115)(H,85,123)(H,86,106)(H,87,107)(H,88,119)(H,89,124)(H,90,125)(H,91,121)(H,92,118)(H,93,120)(H,94,116)(H,95,117)(H,96,122)(H,108,109)(H,110,111)(H,112,113)(H,126,127)/t37-,41-,42-,43-,44-,45-,46-,47-,48-,49-,50-,51-,52-/m0/s1. The molecule has 0 saturated heterocycles. The Morgan fingerprint density at radius 1 is 0.331 bits per heavy atom. The van der Waals surface area contributed by atoms with Gasteiger partial charge in [0.1, 0.15) is 78.3 Å². The third kappa shape index (κ3) is 44.1. The number of rotatable bonds is 61. The number of primary amides is 2. The summed E-state index contributed by atoms with van der Waals surface area (Å²) >= 11 is 0. The lowest BCUT2D eigenvalue weighted by molar-refractivity contribution is -0.143. The van der Waals surface area contributed by atoms with Crippen molar-refractivity contribution < 1.29 is 151 Å². The molecule has 2 rings (SSSR count). The van der Waals surface area contributed by atoms with Crippen LogP contribution in [-0.4, -0.2) is 315 Å². The summed E-state index contributed by atoms with van der Waals surface area (Å²) in [6.07, 6.45) is -6.26. The summed E-state index contributed by atoms with van der Waals surface area (Å²) in [6, 6.07) is -10.2. The highest BCUT2D eigenvalue weighted by atomic mass is 16.4. The third-order valence-corrected chi connectivity index (χ3v) is 17.9. The Morgan fingerprint density at radius 3 is 1.08 bits per heavy atom. The van der Waals surface area contributed by atoms with Gasteiger partial charge >= 0.3 is 23.9 Å². The lowest BCUT2D eigenvalue weighted by Gasteiger charge is -2.28. The molecule has 0 unspecified atom stereocenters. The Balaban J connectivity index is 2.35. The van der Waals surface area contributed by atoms with Crippen LogP contribution in [0.4, 0.5) is 0 Å². The van der Waals surface area contributed by atoms with Crippen LogP contribution in [0.5, 0.6) is 5.75 Å². The number of nitrogens with two attached hydrogens (primary N) is 4. The van der Waals surface area contributed by atoms with Crippen molar-refractivity contribution >= 4 is 136 Å². The highest BCUT2D eigenvalue weighted by Crippen LogP contribution is 2.16. The van der Waals surface area contributed by atoms with E-state index < -0.39 is 331 Å². The zero-order chi connectivity index (χ0) is 95.7. The van der Waals surface area contributed by atoms with Crippen LogP contribution in [-0.2, 0) is 123 Å². The van der Waals surface area contributed by atoms with Gasteiger partial charge < -0.3 is 154 Å². The predicted molar refractivity (Wildman–Crippen MR) is 433 cm³/mol. The van der Waals surface area contributed by atoms with Crippen molar-refractivity contribution in [2.75, 3.05) is 59.1 Å². The second-order valence-electron chi connectivity index (χ2n) is 28.9. The molecule has 33 N–H and O–H groups in total. The SMILES string of the molecule is CC(C)C[C@H](NC(=O)[C@H](CC(N)=O)NC(=O)[C@H](CCC(=O)O)NC(=O)[C@H](CO)NC(=O)CNC(=O)CNC(=O)[C@@H](N)CCCCN)C(=O)N[C@@H](Cc1ccc(O)cc1)C(=O)N[C@@H](Cc1ccccc1)C(=O)N[C@@H](CCC(N)=O)C(=O)NCC(=O)NCC(=O)NCC(=O)N[C@@H](CO)C(=O)N[C@@H](CCC(=O)O)C(=O)N[C@@H](CC(=O)O)C(=O)N[C@@H](CO)C(=O)N[C@@H](C)C(=O)O. The van der Waals surface area contributed by atoms with E-state index in [1.807, 2.05) is 26.6 Å². The van der Waals surface area contributed by atoms with Crippen LogP contribution in [0.2, 0.25) is 0 Å². The van der Waals surface area contributed by atoms with Crippen LogP contribution in [0, 0.1) is 5.92 Å². The first-order chi connectivity index (χ1) is 59.8. The molecule has 0 aromatic heterocycles. The van der Waals surface area contributed by atoms with Crippen LogP contribution in [0.15, 0.2) is 54.6 Å². The van der Waals surface area contributed by atoms with Crippen LogP contribution in [0.3, 0.4) is 0 Å². The summed E-state index contributed by atoms with van der Waals surface area (Å²) in [7, 11) is 0. The number of nitrogens with one attached hydrogen (secondary N) is 17. The number of benzene rings is 2. The molecule has 0 saturated carbocycles. The van der Waals surface area contributed by atoms with E-state index in [1.54, 1.807) is 32.0 Å². The fourth-order valence-electron chi connectivity index (χ4n) is 11.1. The van der Waals surface area contributed by atoms with E-state index in [4.69, 9.17) is 28.0 Å². The first-order valence-electron chi connectivity index (χ1n) is 39.3. The maximum atomic E-state index is 14.9. The minimum Gasteiger partial charge on any atom is -0.508 e. The van der Waals surface area contributed by atoms with E-state index in [2.05, 4.69) is 63.8 Å². The van der Waals surface area contributed by atoms with Gasteiger partial charge in [-0.3, -0.25) is 110 Å². The largest absolute Gasteiger partial charge is 0.508 e. The summed E-state index contributed by atoms with van der Waals surface area (Å²) in [5, 5.41) is 114. The molecule has 2 aromatic carbocycles. The first-order valence-corrected chi connectivity index (χ1v) is 39.3. The number of amides is 19. The molecule has 0 aliphatic heterocycles. The quantitative estimate of drug-likeness (QED) is 0.0274. The van der Waals surface area contributed by atoms with Gasteiger partial charge in [-0.1, -0.05) is 62.7 Å². The topological polar surface area (TPSA) is 863 Å². The van der Waals surface area contributed by atoms with Crippen molar-refractivity contribution in [2.45, 2.75) is 189 Å². The Kier molecular flexibility index (Phi) is 49.2. The molecule has 0 spiro atoms. The molecule has 0 fully saturated rings. The number of carbonyl (C=O) groups excluding carboxylic acids is 19. The number of aliphatic carboxylic acids is 4. The van der Waals surface area contributed by atoms with Gasteiger partial charge in [0.2, 0.25) is 112 Å². The number of carboxylic acid groups (broad SMARTS) is 4. The average molecular weight is 1800 g/mol. The second-order valence-corrected chi connectivity index (χ2v) is 28.9. The second kappa shape index (κ2) is 57.3. The van der Waals surface area contributed by atoms with Gasteiger partial charge in [0.25, 0.3) is 0 Å². The van der Waals surface area contributed by atoms with E-state index in [9.17, 15) is 146 Å². The first kappa shape index (κ1) is 109. The number of hydrogen-bond acceptors (Lipinski definition) is 29. The van der Waals surface area contributed by atoms with E-state index >= 15 is 0 Å². The monoisotopic (exact) mass is 1800 g/mol. The number of aliphatic hydroxyl groups excluding tert-OH is 3. The summed E-state index contributed by atoms with van der Waals surface area (Å²) in [6.45, 7) is -3.25. The summed E-state index contributed by atoms with van der Waals surface area (Å²) in [4.78, 5) is 300. The normalized spacial score (nSPS) is 13.9. The number of aliphatic hydroxyl groups is 3. The van der Waals surface area contributed by atoms with Gasteiger partial charge in [-0.25, -0.2) is 0 Å². The number of phenols is 1. The van der Waals surface area contributed by atoms with E-state index in [-0.39, 0.29) is 30.6 Å². The summed E-state index contributed by atoms with van der Waals surface area (Å²) < 4.78 is 0. The van der Waals surface area contributed by atoms with Crippen molar-refractivity contribution in [2.24, 2.45) is 28.9 Å². The number of phenolic OH excluding ortho intramolecular Hbond substituents is 1. The van der Waals surface area contributed by atoms with E-state index in [0.717, 1.165) is 6.92 Å². The molecule has 19 amide bonds. The smallest absolute Gasteiger partial charge is 0.325 e. The predicted octanol–water partition coefficient (Wildman–Crippen LogP) is -13.5. The summed E-state index contributed by atoms with van der Waals surface area (Å²) in [5.74, 6) is -29.3. The van der Waals surface area contributed by atoms with Gasteiger partial charge in [-0.2, -0.15) is 0 Å². The number of hydrogen-bond donors (Lipinski definition) is 29. The Hall–Kier alpha value is -14.1. The lowest BCUT2D eigenvalue weighted by Crippen LogP contribution is -2.61. The third-order valence-electron chi connectivity index (χ3n) is 17.9. The van der Waals surface area contributed by atoms with E-state index in [1.165, 1.54) is 36.4 Å². The molecule has 2 aromatic rings. The number of unbranched alkanes of at least 4 members (excludes halogenated alkanes) is 1. The molecule has 52 heteroatoms. The molecular weight excluding hydrogens is 1690 g/mol. The highest BCUT2D eigenvalue weighted by molar-refractivity contribution is 6.02. The van der Waals surface area contributed by atoms with Gasteiger partial charge in [0.15, 0.2) is 0 Å². The average Bonchev–Trinajstić information content (AvgIpc) is 0.844. The van der Waals surface area contributed by atoms with Crippen molar-refractivity contribution in [3.63, 3.8) is 0 Å². The highest BCUT2D eigenvalue weighted by Gasteiger charge is 2.38. The van der Waals surface area contributed by atoms with Crippen LogP contribution in [0.1, 0.15) is 109 Å².